The van der Waals surface area contributed by atoms with Crippen molar-refractivity contribution in [2.75, 3.05) is 16.8 Å². The summed E-state index contributed by atoms with van der Waals surface area (Å²) in [5.74, 6) is -0.0284. The predicted molar refractivity (Wildman–Crippen MR) is 129 cm³/mol. The first-order valence-corrected chi connectivity index (χ1v) is 11.2. The van der Waals surface area contributed by atoms with Crippen LogP contribution in [0.1, 0.15) is 42.5 Å². The number of aryl methyl sites for hydroxylation is 1. The SMILES string of the molecule is C[C@H](NC(=O)Cc1ccc(NC(=O)N2CCCCc3ccccc32)cc1)c1ccccc1. The smallest absolute Gasteiger partial charge is 0.326 e. The van der Waals surface area contributed by atoms with Crippen LogP contribution in [-0.2, 0) is 17.6 Å². The number of benzene rings is 3. The number of rotatable bonds is 5. The molecule has 2 N–H and O–H groups in total. The molecule has 0 aromatic heterocycles. The molecule has 3 aromatic carbocycles. The van der Waals surface area contributed by atoms with Gasteiger partial charge in [0.25, 0.3) is 0 Å². The molecule has 0 bridgehead atoms. The Labute approximate surface area is 189 Å². The summed E-state index contributed by atoms with van der Waals surface area (Å²) in [6.07, 6.45) is 3.36. The van der Waals surface area contributed by atoms with Gasteiger partial charge in [0.2, 0.25) is 5.91 Å². The average Bonchev–Trinajstić information content (AvgIpc) is 3.03. The van der Waals surface area contributed by atoms with Crippen LogP contribution >= 0.6 is 0 Å². The normalized spacial score (nSPS) is 14.1. The van der Waals surface area contributed by atoms with E-state index in [4.69, 9.17) is 0 Å². The fourth-order valence-electron chi connectivity index (χ4n) is 4.10. The summed E-state index contributed by atoms with van der Waals surface area (Å²) in [5.41, 5.74) is 4.91. The van der Waals surface area contributed by atoms with Gasteiger partial charge in [-0.25, -0.2) is 4.79 Å². The second-order valence-electron chi connectivity index (χ2n) is 8.24. The Morgan fingerprint density at radius 1 is 0.906 bits per heavy atom. The molecule has 0 saturated carbocycles. The van der Waals surface area contributed by atoms with Crippen LogP contribution in [0.5, 0.6) is 0 Å². The van der Waals surface area contributed by atoms with Crippen LogP contribution in [0.15, 0.2) is 78.9 Å². The van der Waals surface area contributed by atoms with Crippen molar-refractivity contribution >= 4 is 23.3 Å². The third-order valence-electron chi connectivity index (χ3n) is 5.85. The molecule has 5 heteroatoms. The van der Waals surface area contributed by atoms with Gasteiger partial charge in [0.15, 0.2) is 0 Å². The second-order valence-corrected chi connectivity index (χ2v) is 8.24. The molecule has 1 heterocycles. The molecule has 164 valence electrons. The Bertz CT molecular complexity index is 1060. The number of para-hydroxylation sites is 1. The van der Waals surface area contributed by atoms with Gasteiger partial charge in [0.05, 0.1) is 12.5 Å². The molecule has 0 aliphatic carbocycles. The van der Waals surface area contributed by atoms with Crippen molar-refractivity contribution in [3.8, 4) is 0 Å². The van der Waals surface area contributed by atoms with E-state index >= 15 is 0 Å². The highest BCUT2D eigenvalue weighted by molar-refractivity contribution is 6.02. The van der Waals surface area contributed by atoms with E-state index in [1.165, 1.54) is 5.56 Å². The van der Waals surface area contributed by atoms with Crippen molar-refractivity contribution in [2.24, 2.45) is 0 Å². The zero-order valence-corrected chi connectivity index (χ0v) is 18.4. The summed E-state index contributed by atoms with van der Waals surface area (Å²) >= 11 is 0. The van der Waals surface area contributed by atoms with Crippen LogP contribution in [0, 0.1) is 0 Å². The molecule has 5 nitrogen and oxygen atoms in total. The van der Waals surface area contributed by atoms with Gasteiger partial charge in [0.1, 0.15) is 0 Å². The maximum Gasteiger partial charge on any atom is 0.326 e. The molecule has 4 rings (SSSR count). The molecule has 0 unspecified atom stereocenters. The molecule has 1 aliphatic heterocycles. The highest BCUT2D eigenvalue weighted by Gasteiger charge is 2.21. The molecule has 1 aliphatic rings. The Balaban J connectivity index is 1.35. The lowest BCUT2D eigenvalue weighted by molar-refractivity contribution is -0.121. The summed E-state index contributed by atoms with van der Waals surface area (Å²) in [6, 6.07) is 25.3. The van der Waals surface area contributed by atoms with Crippen LogP contribution in [-0.4, -0.2) is 18.5 Å². The Morgan fingerprint density at radius 2 is 1.62 bits per heavy atom. The van der Waals surface area contributed by atoms with Crippen LogP contribution in [0.3, 0.4) is 0 Å². The lowest BCUT2D eigenvalue weighted by Gasteiger charge is -2.23. The number of anilines is 2. The van der Waals surface area contributed by atoms with E-state index in [1.54, 1.807) is 0 Å². The minimum Gasteiger partial charge on any atom is -0.349 e. The highest BCUT2D eigenvalue weighted by Crippen LogP contribution is 2.26. The van der Waals surface area contributed by atoms with Crippen molar-refractivity contribution in [1.82, 2.24) is 5.32 Å². The summed E-state index contributed by atoms with van der Waals surface area (Å²) < 4.78 is 0. The van der Waals surface area contributed by atoms with Crippen LogP contribution in [0.2, 0.25) is 0 Å². The second kappa shape index (κ2) is 10.1. The van der Waals surface area contributed by atoms with Crippen molar-refractivity contribution in [3.63, 3.8) is 0 Å². The van der Waals surface area contributed by atoms with E-state index in [9.17, 15) is 9.59 Å². The van der Waals surface area contributed by atoms with E-state index in [0.29, 0.717) is 13.0 Å². The molecular formula is C27H29N3O2. The zero-order valence-electron chi connectivity index (χ0n) is 18.4. The van der Waals surface area contributed by atoms with E-state index in [2.05, 4.69) is 16.7 Å². The summed E-state index contributed by atoms with van der Waals surface area (Å²) in [7, 11) is 0. The molecule has 0 fully saturated rings. The van der Waals surface area contributed by atoms with Crippen molar-refractivity contribution < 1.29 is 9.59 Å². The van der Waals surface area contributed by atoms with Crippen molar-refractivity contribution in [3.05, 3.63) is 95.6 Å². The van der Waals surface area contributed by atoms with E-state index in [-0.39, 0.29) is 18.0 Å². The third-order valence-corrected chi connectivity index (χ3v) is 5.85. The van der Waals surface area contributed by atoms with E-state index in [0.717, 1.165) is 41.8 Å². The molecule has 32 heavy (non-hydrogen) atoms. The number of amides is 3. The number of nitrogens with zero attached hydrogens (tertiary/aromatic N) is 1. The Hall–Kier alpha value is -3.60. The number of hydrogen-bond donors (Lipinski definition) is 2. The zero-order chi connectivity index (χ0) is 22.3. The molecule has 0 radical (unpaired) electrons. The largest absolute Gasteiger partial charge is 0.349 e. The van der Waals surface area contributed by atoms with Gasteiger partial charge in [-0.15, -0.1) is 0 Å². The quantitative estimate of drug-likeness (QED) is 0.566. The van der Waals surface area contributed by atoms with Crippen molar-refractivity contribution in [1.29, 1.82) is 0 Å². The predicted octanol–water partition coefficient (Wildman–Crippen LogP) is 5.48. The van der Waals surface area contributed by atoms with Gasteiger partial charge in [-0.05, 0) is 61.1 Å². The molecule has 0 spiro atoms. The third kappa shape index (κ3) is 5.35. The summed E-state index contributed by atoms with van der Waals surface area (Å²) in [5, 5.41) is 6.04. The van der Waals surface area contributed by atoms with Crippen molar-refractivity contribution in [2.45, 2.75) is 38.6 Å². The van der Waals surface area contributed by atoms with Gasteiger partial charge < -0.3 is 10.6 Å². The summed E-state index contributed by atoms with van der Waals surface area (Å²) in [6.45, 7) is 2.69. The molecule has 3 aromatic rings. The fraction of sp³-hybridized carbons (Fsp3) is 0.259. The highest BCUT2D eigenvalue weighted by atomic mass is 16.2. The number of nitrogens with one attached hydrogen (secondary N) is 2. The Kier molecular flexibility index (Phi) is 6.85. The van der Waals surface area contributed by atoms with E-state index < -0.39 is 0 Å². The van der Waals surface area contributed by atoms with Gasteiger partial charge in [0, 0.05) is 17.9 Å². The standard InChI is InChI=1S/C27H29N3O2/c1-20(22-9-3-2-4-10-22)28-26(31)19-21-14-16-24(17-15-21)29-27(32)30-18-8-7-12-23-11-5-6-13-25(23)30/h2-6,9-11,13-17,20H,7-8,12,18-19H2,1H3,(H,28,31)(H,29,32)/t20-/m0/s1. The number of carbonyl (C=O) groups is 2. The van der Waals surface area contributed by atoms with Crippen LogP contribution < -0.4 is 15.5 Å². The number of fused-ring (bicyclic) bond motifs is 1. The van der Waals surface area contributed by atoms with Gasteiger partial charge >= 0.3 is 6.03 Å². The molecular weight excluding hydrogens is 398 g/mol. The fourth-order valence-corrected chi connectivity index (χ4v) is 4.10. The van der Waals surface area contributed by atoms with Gasteiger partial charge in [-0.1, -0.05) is 60.7 Å². The maximum atomic E-state index is 13.0. The lowest BCUT2D eigenvalue weighted by Crippen LogP contribution is -2.35. The average molecular weight is 428 g/mol. The summed E-state index contributed by atoms with van der Waals surface area (Å²) in [4.78, 5) is 27.2. The Morgan fingerprint density at radius 3 is 2.41 bits per heavy atom. The maximum absolute atomic E-state index is 13.0. The number of hydrogen-bond acceptors (Lipinski definition) is 2. The minimum absolute atomic E-state index is 0.0284. The van der Waals surface area contributed by atoms with Gasteiger partial charge in [-0.2, -0.15) is 0 Å². The number of urea groups is 1. The van der Waals surface area contributed by atoms with E-state index in [1.807, 2.05) is 84.6 Å². The lowest BCUT2D eigenvalue weighted by atomic mass is 10.1. The monoisotopic (exact) mass is 427 g/mol. The first kappa shape index (κ1) is 21.6. The molecule has 3 amide bonds. The first-order valence-electron chi connectivity index (χ1n) is 11.2. The minimum atomic E-state index is -0.124. The first-order chi connectivity index (χ1) is 15.6. The molecule has 1 atom stereocenters. The van der Waals surface area contributed by atoms with Crippen LogP contribution in [0.4, 0.5) is 16.2 Å². The van der Waals surface area contributed by atoms with Gasteiger partial charge in [-0.3, -0.25) is 9.69 Å². The molecule has 0 saturated heterocycles. The number of carbonyl (C=O) groups excluding carboxylic acids is 2. The van der Waals surface area contributed by atoms with Crippen LogP contribution in [0.25, 0.3) is 0 Å². The topological polar surface area (TPSA) is 61.4 Å².